The summed E-state index contributed by atoms with van der Waals surface area (Å²) in [5, 5.41) is 5.35. The van der Waals surface area contributed by atoms with Crippen LogP contribution in [0.4, 0.5) is 13.2 Å². The maximum atomic E-state index is 14.5. The van der Waals surface area contributed by atoms with E-state index in [0.717, 1.165) is 17.7 Å². The Labute approximate surface area is 258 Å². The predicted molar refractivity (Wildman–Crippen MR) is 167 cm³/mol. The third-order valence-electron chi connectivity index (χ3n) is 7.44. The standard InChI is InChI=1S/C33H35F3N4O3S/c1-5-43-29-11-6-21(4)17-28(29)40-27(16-20(2)3)24(31(41)39-14-12-37-13-15-39)18-25(32(40)42)30-38-26(19-44-30)22-7-9-23(10-8-22)33(34,35)36/h6-11,17-20,37H,5,12-16H2,1-4H3. The average Bonchev–Trinajstić information content (AvgIpc) is 3.48. The molecule has 1 saturated heterocycles. The van der Waals surface area contributed by atoms with Crippen LogP contribution in [0.2, 0.25) is 0 Å². The number of nitrogens with zero attached hydrogens (tertiary/aromatic N) is 3. The topological polar surface area (TPSA) is 76.5 Å². The first-order valence-electron chi connectivity index (χ1n) is 14.6. The smallest absolute Gasteiger partial charge is 0.416 e. The molecule has 0 atom stereocenters. The van der Waals surface area contributed by atoms with E-state index in [1.165, 1.54) is 23.5 Å². The van der Waals surface area contributed by atoms with Gasteiger partial charge in [0.05, 0.1) is 34.7 Å². The molecule has 0 aliphatic carbocycles. The Bertz CT molecular complexity index is 1700. The van der Waals surface area contributed by atoms with Gasteiger partial charge in [0.1, 0.15) is 10.8 Å². The molecule has 7 nitrogen and oxygen atoms in total. The summed E-state index contributed by atoms with van der Waals surface area (Å²) < 4.78 is 46.9. The highest BCUT2D eigenvalue weighted by Crippen LogP contribution is 2.34. The first-order chi connectivity index (χ1) is 21.0. The number of thiazole rings is 1. The van der Waals surface area contributed by atoms with Gasteiger partial charge >= 0.3 is 6.18 Å². The fraction of sp³-hybridized carbons (Fsp3) is 0.364. The molecule has 232 valence electrons. The number of pyridine rings is 1. The summed E-state index contributed by atoms with van der Waals surface area (Å²) in [6.07, 6.45) is -3.98. The van der Waals surface area contributed by atoms with Crippen LogP contribution in [-0.2, 0) is 12.6 Å². The lowest BCUT2D eigenvalue weighted by Crippen LogP contribution is -2.47. The second-order valence-corrected chi connectivity index (χ2v) is 12.1. The van der Waals surface area contributed by atoms with Crippen LogP contribution >= 0.6 is 11.3 Å². The number of aryl methyl sites for hydroxylation is 1. The van der Waals surface area contributed by atoms with Gasteiger partial charge in [-0.15, -0.1) is 11.3 Å². The van der Waals surface area contributed by atoms with Gasteiger partial charge < -0.3 is 15.0 Å². The van der Waals surface area contributed by atoms with Crippen molar-refractivity contribution in [1.82, 2.24) is 19.8 Å². The number of carbonyl (C=O) groups excluding carboxylic acids is 1. The summed E-state index contributed by atoms with van der Waals surface area (Å²) in [6.45, 7) is 10.7. The molecule has 1 amide bonds. The first kappa shape index (κ1) is 31.5. The Morgan fingerprint density at radius 2 is 1.80 bits per heavy atom. The molecule has 1 aliphatic heterocycles. The lowest BCUT2D eigenvalue weighted by atomic mass is 9.99. The quantitative estimate of drug-likeness (QED) is 0.239. The highest BCUT2D eigenvalue weighted by molar-refractivity contribution is 7.13. The summed E-state index contributed by atoms with van der Waals surface area (Å²) >= 11 is 1.21. The van der Waals surface area contributed by atoms with Crippen molar-refractivity contribution in [2.24, 2.45) is 5.92 Å². The minimum absolute atomic E-state index is 0.132. The maximum absolute atomic E-state index is 14.5. The van der Waals surface area contributed by atoms with Crippen molar-refractivity contribution < 1.29 is 22.7 Å². The molecular weight excluding hydrogens is 589 g/mol. The van der Waals surface area contributed by atoms with Gasteiger partial charge in [0.15, 0.2) is 0 Å². The van der Waals surface area contributed by atoms with E-state index in [-0.39, 0.29) is 22.9 Å². The molecule has 0 bridgehead atoms. The van der Waals surface area contributed by atoms with Crippen molar-refractivity contribution in [2.75, 3.05) is 32.8 Å². The van der Waals surface area contributed by atoms with Crippen molar-refractivity contribution in [3.63, 3.8) is 0 Å². The Kier molecular flexibility index (Phi) is 9.26. The van der Waals surface area contributed by atoms with Gasteiger partial charge in [-0.1, -0.05) is 32.0 Å². The Balaban J connectivity index is 1.73. The number of aromatic nitrogens is 2. The molecule has 2 aromatic heterocycles. The second kappa shape index (κ2) is 13.0. The molecule has 0 unspecified atom stereocenters. The highest BCUT2D eigenvalue weighted by Gasteiger charge is 2.31. The number of nitrogens with one attached hydrogen (secondary N) is 1. The third-order valence-corrected chi connectivity index (χ3v) is 8.31. The van der Waals surface area contributed by atoms with Gasteiger partial charge in [-0.2, -0.15) is 13.2 Å². The Morgan fingerprint density at radius 3 is 2.43 bits per heavy atom. The zero-order chi connectivity index (χ0) is 31.6. The van der Waals surface area contributed by atoms with Crippen LogP contribution in [0.25, 0.3) is 27.5 Å². The molecule has 0 spiro atoms. The Morgan fingerprint density at radius 1 is 1.09 bits per heavy atom. The van der Waals surface area contributed by atoms with Crippen molar-refractivity contribution in [1.29, 1.82) is 0 Å². The molecule has 1 N–H and O–H groups in total. The van der Waals surface area contributed by atoms with Crippen LogP contribution in [0.5, 0.6) is 5.75 Å². The number of rotatable bonds is 8. The minimum Gasteiger partial charge on any atom is -0.492 e. The summed E-state index contributed by atoms with van der Waals surface area (Å²) in [5.74, 6) is 0.488. The molecule has 11 heteroatoms. The molecule has 4 aromatic rings. The maximum Gasteiger partial charge on any atom is 0.416 e. The third kappa shape index (κ3) is 6.58. The monoisotopic (exact) mass is 624 g/mol. The van der Waals surface area contributed by atoms with Gasteiger partial charge in [-0.3, -0.25) is 14.2 Å². The fourth-order valence-corrected chi connectivity index (χ4v) is 6.15. The molecule has 5 rings (SSSR count). The van der Waals surface area contributed by atoms with Gasteiger partial charge in [0, 0.05) is 42.8 Å². The SMILES string of the molecule is CCOc1ccc(C)cc1-n1c(CC(C)C)c(C(=O)N2CCNCC2)cc(-c2nc(-c3ccc(C(F)(F)F)cc3)cs2)c1=O. The van der Waals surface area contributed by atoms with Crippen LogP contribution in [0.15, 0.2) is 58.7 Å². The highest BCUT2D eigenvalue weighted by atomic mass is 32.1. The number of halogens is 3. The minimum atomic E-state index is -4.45. The van der Waals surface area contributed by atoms with Crippen molar-refractivity contribution >= 4 is 17.2 Å². The molecule has 2 aromatic carbocycles. The molecule has 1 aliphatic rings. The fourth-order valence-electron chi connectivity index (χ4n) is 5.31. The summed E-state index contributed by atoms with van der Waals surface area (Å²) in [7, 11) is 0. The number of hydrogen-bond donors (Lipinski definition) is 1. The van der Waals surface area contributed by atoms with Gasteiger partial charge in [-0.05, 0) is 62.1 Å². The number of alkyl halides is 3. The molecule has 0 saturated carbocycles. The van der Waals surface area contributed by atoms with Crippen molar-refractivity contribution in [3.05, 3.63) is 86.6 Å². The van der Waals surface area contributed by atoms with Crippen LogP contribution in [0.3, 0.4) is 0 Å². The van der Waals surface area contributed by atoms with E-state index in [9.17, 15) is 22.8 Å². The van der Waals surface area contributed by atoms with Crippen molar-refractivity contribution in [3.8, 4) is 33.3 Å². The first-order valence-corrected chi connectivity index (χ1v) is 15.5. The zero-order valence-corrected chi connectivity index (χ0v) is 25.9. The van der Waals surface area contributed by atoms with Crippen LogP contribution in [-0.4, -0.2) is 53.1 Å². The predicted octanol–water partition coefficient (Wildman–Crippen LogP) is 6.60. The van der Waals surface area contributed by atoms with Crippen LogP contribution < -0.4 is 15.6 Å². The van der Waals surface area contributed by atoms with Gasteiger partial charge in [0.2, 0.25) is 0 Å². The van der Waals surface area contributed by atoms with Crippen LogP contribution in [0, 0.1) is 12.8 Å². The van der Waals surface area contributed by atoms with Gasteiger partial charge in [-0.25, -0.2) is 4.98 Å². The van der Waals surface area contributed by atoms with E-state index < -0.39 is 11.7 Å². The number of carbonyl (C=O) groups is 1. The van der Waals surface area contributed by atoms with E-state index in [1.54, 1.807) is 20.9 Å². The van der Waals surface area contributed by atoms with Crippen molar-refractivity contribution in [2.45, 2.75) is 40.3 Å². The molecule has 3 heterocycles. The van der Waals surface area contributed by atoms with E-state index in [4.69, 9.17) is 4.74 Å². The summed E-state index contributed by atoms with van der Waals surface area (Å²) in [5.41, 5.74) is 2.56. The summed E-state index contributed by atoms with van der Waals surface area (Å²) in [6, 6.07) is 12.0. The van der Waals surface area contributed by atoms with E-state index >= 15 is 0 Å². The molecular formula is C33H35F3N4O3S. The van der Waals surface area contributed by atoms with E-state index in [2.05, 4.69) is 10.3 Å². The zero-order valence-electron chi connectivity index (χ0n) is 25.1. The normalized spacial score (nSPS) is 13.9. The Hall–Kier alpha value is -3.96. The molecule has 0 radical (unpaired) electrons. The molecule has 44 heavy (non-hydrogen) atoms. The number of ether oxygens (including phenoxy) is 1. The number of amides is 1. The van der Waals surface area contributed by atoms with E-state index in [0.29, 0.717) is 78.2 Å². The largest absolute Gasteiger partial charge is 0.492 e. The lowest BCUT2D eigenvalue weighted by Gasteiger charge is -2.29. The van der Waals surface area contributed by atoms with E-state index in [1.807, 2.05) is 45.9 Å². The number of piperazine rings is 1. The molecule has 1 fully saturated rings. The number of benzene rings is 2. The lowest BCUT2D eigenvalue weighted by molar-refractivity contribution is -0.137. The average molecular weight is 625 g/mol. The second-order valence-electron chi connectivity index (χ2n) is 11.2. The summed E-state index contributed by atoms with van der Waals surface area (Å²) in [4.78, 5) is 35.1. The number of hydrogen-bond acceptors (Lipinski definition) is 6. The van der Waals surface area contributed by atoms with Crippen LogP contribution in [0.1, 0.15) is 48.0 Å². The van der Waals surface area contributed by atoms with Gasteiger partial charge in [0.25, 0.3) is 11.5 Å².